The van der Waals surface area contributed by atoms with Crippen LogP contribution < -0.4 is 17.2 Å². The number of hydrogen-bond acceptors (Lipinski definition) is 3. The first-order valence-electron chi connectivity index (χ1n) is 5.42. The van der Waals surface area contributed by atoms with Crippen molar-refractivity contribution in [2.45, 2.75) is 25.3 Å². The third kappa shape index (κ3) is 4.24. The van der Waals surface area contributed by atoms with E-state index in [-0.39, 0.29) is 12.5 Å². The molecule has 0 heterocycles. The lowest BCUT2D eigenvalue weighted by Gasteiger charge is -2.10. The average molecular weight is 235 g/mol. The zero-order valence-electron chi connectivity index (χ0n) is 9.56. The lowest BCUT2D eigenvalue weighted by Crippen LogP contribution is -2.28. The van der Waals surface area contributed by atoms with Crippen LogP contribution in [0.4, 0.5) is 0 Å². The lowest BCUT2D eigenvalue weighted by molar-refractivity contribution is -0.118. The fourth-order valence-corrected chi connectivity index (χ4v) is 1.68. The predicted octanol–water partition coefficient (Wildman–Crippen LogP) is -0.0792. The lowest BCUT2D eigenvalue weighted by atomic mass is 9.99. The Bertz CT molecular complexity index is 418. The summed E-state index contributed by atoms with van der Waals surface area (Å²) < 4.78 is 0. The highest BCUT2D eigenvalue weighted by atomic mass is 16.1. The van der Waals surface area contributed by atoms with Crippen LogP contribution in [0.5, 0.6) is 0 Å². The van der Waals surface area contributed by atoms with E-state index in [1.54, 1.807) is 12.1 Å². The molecule has 5 heteroatoms. The average Bonchev–Trinajstić information content (AvgIpc) is 2.25. The molecule has 2 amide bonds. The van der Waals surface area contributed by atoms with Gasteiger partial charge in [-0.3, -0.25) is 9.59 Å². The Morgan fingerprint density at radius 3 is 2.41 bits per heavy atom. The second kappa shape index (κ2) is 6.00. The molecule has 1 aromatic carbocycles. The van der Waals surface area contributed by atoms with E-state index in [0.29, 0.717) is 18.4 Å². The third-order valence-electron chi connectivity index (χ3n) is 2.53. The van der Waals surface area contributed by atoms with Gasteiger partial charge < -0.3 is 17.2 Å². The molecule has 0 bridgehead atoms. The largest absolute Gasteiger partial charge is 0.370 e. The number of carbonyl (C=O) groups is 2. The minimum absolute atomic E-state index is 0.152. The molecule has 1 atom stereocenters. The Balaban J connectivity index is 2.63. The van der Waals surface area contributed by atoms with Gasteiger partial charge in [-0.05, 0) is 24.5 Å². The van der Waals surface area contributed by atoms with Gasteiger partial charge in [-0.1, -0.05) is 18.2 Å². The van der Waals surface area contributed by atoms with Gasteiger partial charge in [-0.25, -0.2) is 0 Å². The number of nitrogens with two attached hydrogens (primary N) is 3. The normalized spacial score (nSPS) is 12.1. The van der Waals surface area contributed by atoms with E-state index in [0.717, 1.165) is 5.56 Å². The van der Waals surface area contributed by atoms with Gasteiger partial charge in [-0.2, -0.15) is 0 Å². The minimum atomic E-state index is -0.455. The van der Waals surface area contributed by atoms with Crippen molar-refractivity contribution in [3.8, 4) is 0 Å². The van der Waals surface area contributed by atoms with Crippen LogP contribution in [-0.2, 0) is 11.2 Å². The summed E-state index contributed by atoms with van der Waals surface area (Å²) in [5.41, 5.74) is 17.4. The van der Waals surface area contributed by atoms with Gasteiger partial charge in [0.2, 0.25) is 11.8 Å². The van der Waals surface area contributed by atoms with E-state index in [2.05, 4.69) is 0 Å². The van der Waals surface area contributed by atoms with Gasteiger partial charge in [0.1, 0.15) is 0 Å². The highest BCUT2D eigenvalue weighted by Crippen LogP contribution is 2.11. The second-order valence-electron chi connectivity index (χ2n) is 3.99. The molecule has 0 unspecified atom stereocenters. The molecule has 0 spiro atoms. The number of carbonyl (C=O) groups excluding carboxylic acids is 2. The summed E-state index contributed by atoms with van der Waals surface area (Å²) in [5.74, 6) is -0.871. The molecule has 0 radical (unpaired) electrons. The monoisotopic (exact) mass is 235 g/mol. The summed E-state index contributed by atoms with van der Waals surface area (Å²) >= 11 is 0. The van der Waals surface area contributed by atoms with Gasteiger partial charge in [0, 0.05) is 18.0 Å². The van der Waals surface area contributed by atoms with Gasteiger partial charge in [0.25, 0.3) is 0 Å². The first-order valence-corrected chi connectivity index (χ1v) is 5.42. The molecule has 0 saturated heterocycles. The molecule has 1 rings (SSSR count). The molecular formula is C12H17N3O2. The van der Waals surface area contributed by atoms with Crippen LogP contribution in [0, 0.1) is 0 Å². The fraction of sp³-hybridized carbons (Fsp3) is 0.333. The Kier molecular flexibility index (Phi) is 4.66. The zero-order valence-corrected chi connectivity index (χ0v) is 9.56. The maximum absolute atomic E-state index is 11.2. The molecule has 0 aromatic heterocycles. The van der Waals surface area contributed by atoms with Crippen molar-refractivity contribution in [2.24, 2.45) is 17.2 Å². The van der Waals surface area contributed by atoms with E-state index >= 15 is 0 Å². The van der Waals surface area contributed by atoms with Crippen LogP contribution in [-0.4, -0.2) is 17.9 Å². The maximum atomic E-state index is 11.2. The van der Waals surface area contributed by atoms with E-state index in [1.165, 1.54) is 0 Å². The Morgan fingerprint density at radius 1 is 1.18 bits per heavy atom. The molecular weight excluding hydrogens is 218 g/mol. The Hall–Kier alpha value is -1.88. The fourth-order valence-electron chi connectivity index (χ4n) is 1.68. The smallest absolute Gasteiger partial charge is 0.248 e. The van der Waals surface area contributed by atoms with Crippen LogP contribution in [0.15, 0.2) is 24.3 Å². The van der Waals surface area contributed by atoms with Crippen LogP contribution in [0.25, 0.3) is 0 Å². The second-order valence-corrected chi connectivity index (χ2v) is 3.99. The number of hydrogen-bond donors (Lipinski definition) is 3. The van der Waals surface area contributed by atoms with Crippen LogP contribution >= 0.6 is 0 Å². The van der Waals surface area contributed by atoms with E-state index in [1.807, 2.05) is 12.1 Å². The molecule has 5 nitrogen and oxygen atoms in total. The third-order valence-corrected chi connectivity index (χ3v) is 2.53. The van der Waals surface area contributed by atoms with E-state index in [9.17, 15) is 9.59 Å². The van der Waals surface area contributed by atoms with Crippen molar-refractivity contribution in [2.75, 3.05) is 0 Å². The topological polar surface area (TPSA) is 112 Å². The quantitative estimate of drug-likeness (QED) is 0.641. The molecule has 17 heavy (non-hydrogen) atoms. The number of primary amides is 2. The van der Waals surface area contributed by atoms with Gasteiger partial charge in [-0.15, -0.1) is 0 Å². The predicted molar refractivity (Wildman–Crippen MR) is 65.1 cm³/mol. The van der Waals surface area contributed by atoms with E-state index in [4.69, 9.17) is 17.2 Å². The molecule has 0 aliphatic rings. The summed E-state index contributed by atoms with van der Waals surface area (Å²) in [6.07, 6.45) is 1.35. The van der Waals surface area contributed by atoms with Gasteiger partial charge in [0.05, 0.1) is 0 Å². The SMILES string of the molecule is NC(=O)C[C@H](N)CCc1ccccc1C(N)=O. The van der Waals surface area contributed by atoms with Crippen molar-refractivity contribution in [1.29, 1.82) is 0 Å². The summed E-state index contributed by atoms with van der Waals surface area (Å²) in [7, 11) is 0. The van der Waals surface area contributed by atoms with Gasteiger partial charge in [0.15, 0.2) is 0 Å². The van der Waals surface area contributed by atoms with Crippen molar-refractivity contribution in [3.05, 3.63) is 35.4 Å². The molecule has 6 N–H and O–H groups in total. The molecule has 0 aliphatic carbocycles. The van der Waals surface area contributed by atoms with Gasteiger partial charge >= 0.3 is 0 Å². The molecule has 92 valence electrons. The van der Waals surface area contributed by atoms with Crippen molar-refractivity contribution in [3.63, 3.8) is 0 Å². The van der Waals surface area contributed by atoms with Crippen molar-refractivity contribution < 1.29 is 9.59 Å². The van der Waals surface area contributed by atoms with Crippen molar-refractivity contribution in [1.82, 2.24) is 0 Å². The summed E-state index contributed by atoms with van der Waals surface area (Å²) in [6.45, 7) is 0. The first kappa shape index (κ1) is 13.2. The maximum Gasteiger partial charge on any atom is 0.248 e. The summed E-state index contributed by atoms with van der Waals surface area (Å²) in [5, 5.41) is 0. The first-order chi connectivity index (χ1) is 8.00. The zero-order chi connectivity index (χ0) is 12.8. The number of aryl methyl sites for hydroxylation is 1. The highest BCUT2D eigenvalue weighted by Gasteiger charge is 2.10. The number of amides is 2. The van der Waals surface area contributed by atoms with Crippen LogP contribution in [0.1, 0.15) is 28.8 Å². The van der Waals surface area contributed by atoms with E-state index < -0.39 is 11.8 Å². The number of benzene rings is 1. The van der Waals surface area contributed by atoms with Crippen LogP contribution in [0.3, 0.4) is 0 Å². The Labute approximate surface area is 100.0 Å². The Morgan fingerprint density at radius 2 is 1.82 bits per heavy atom. The molecule has 0 fully saturated rings. The molecule has 0 saturated carbocycles. The summed E-state index contributed by atoms with van der Waals surface area (Å²) in [6, 6.07) is 6.82. The number of rotatable bonds is 6. The highest BCUT2D eigenvalue weighted by molar-refractivity contribution is 5.94. The summed E-state index contributed by atoms with van der Waals surface area (Å²) in [4.78, 5) is 21.8. The molecule has 1 aromatic rings. The van der Waals surface area contributed by atoms with Crippen LogP contribution in [0.2, 0.25) is 0 Å². The molecule has 0 aliphatic heterocycles. The van der Waals surface area contributed by atoms with Crippen molar-refractivity contribution >= 4 is 11.8 Å². The minimum Gasteiger partial charge on any atom is -0.370 e. The standard InChI is InChI=1S/C12H17N3O2/c13-9(7-11(14)16)6-5-8-3-1-2-4-10(8)12(15)17/h1-4,9H,5-7,13H2,(H2,14,16)(H2,15,17)/t9-/m1/s1.